The van der Waals surface area contributed by atoms with Gasteiger partial charge in [0.2, 0.25) is 0 Å². The van der Waals surface area contributed by atoms with Crippen molar-refractivity contribution < 1.29 is 19.4 Å². The van der Waals surface area contributed by atoms with E-state index < -0.39 is 6.10 Å². The fraction of sp³-hybridized carbons (Fsp3) is 0.269. The maximum absolute atomic E-state index is 12.4. The van der Waals surface area contributed by atoms with Crippen LogP contribution < -0.4 is 14.8 Å². The Labute approximate surface area is 183 Å². The van der Waals surface area contributed by atoms with Crippen LogP contribution in [-0.4, -0.2) is 30.3 Å². The summed E-state index contributed by atoms with van der Waals surface area (Å²) in [5.74, 6) is 1.45. The summed E-state index contributed by atoms with van der Waals surface area (Å²) < 4.78 is 11.5. The SMILES string of the molecule is CC(C)c1ccccc1OCC(O)COc1cccc(C(=O)NCc2ccccc2)c1. The van der Waals surface area contributed by atoms with E-state index in [2.05, 4.69) is 19.2 Å². The molecule has 0 radical (unpaired) electrons. The average molecular weight is 420 g/mol. The Bertz CT molecular complexity index is 972. The van der Waals surface area contributed by atoms with Crippen LogP contribution in [-0.2, 0) is 6.54 Å². The first-order valence-electron chi connectivity index (χ1n) is 10.5. The summed E-state index contributed by atoms with van der Waals surface area (Å²) in [6.45, 7) is 4.86. The van der Waals surface area contributed by atoms with E-state index in [0.717, 1.165) is 16.9 Å². The molecule has 5 nitrogen and oxygen atoms in total. The number of aliphatic hydroxyl groups is 1. The number of nitrogens with one attached hydrogen (secondary N) is 1. The van der Waals surface area contributed by atoms with Crippen LogP contribution >= 0.6 is 0 Å². The van der Waals surface area contributed by atoms with Gasteiger partial charge in [-0.3, -0.25) is 4.79 Å². The summed E-state index contributed by atoms with van der Waals surface area (Å²) in [7, 11) is 0. The zero-order valence-corrected chi connectivity index (χ0v) is 18.0. The first-order valence-corrected chi connectivity index (χ1v) is 10.5. The highest BCUT2D eigenvalue weighted by Crippen LogP contribution is 2.26. The molecule has 31 heavy (non-hydrogen) atoms. The van der Waals surface area contributed by atoms with E-state index in [4.69, 9.17) is 9.47 Å². The molecule has 0 saturated carbocycles. The molecule has 3 aromatic carbocycles. The summed E-state index contributed by atoms with van der Waals surface area (Å²) in [6, 6.07) is 24.5. The van der Waals surface area contributed by atoms with Crippen molar-refractivity contribution in [1.82, 2.24) is 5.32 Å². The van der Waals surface area contributed by atoms with Gasteiger partial charge in [0.15, 0.2) is 0 Å². The lowest BCUT2D eigenvalue weighted by molar-refractivity contribution is 0.0622. The number of carbonyl (C=O) groups is 1. The van der Waals surface area contributed by atoms with Crippen LogP contribution in [0.1, 0.15) is 41.3 Å². The molecule has 2 N–H and O–H groups in total. The van der Waals surface area contributed by atoms with Crippen molar-refractivity contribution in [3.8, 4) is 11.5 Å². The van der Waals surface area contributed by atoms with Crippen molar-refractivity contribution in [2.45, 2.75) is 32.4 Å². The van der Waals surface area contributed by atoms with Crippen LogP contribution in [0.2, 0.25) is 0 Å². The molecule has 0 saturated heterocycles. The molecule has 0 bridgehead atoms. The minimum absolute atomic E-state index is 0.0684. The molecule has 1 atom stereocenters. The van der Waals surface area contributed by atoms with Crippen LogP contribution in [0, 0.1) is 0 Å². The molecule has 0 aliphatic rings. The smallest absolute Gasteiger partial charge is 0.251 e. The lowest BCUT2D eigenvalue weighted by Crippen LogP contribution is -2.25. The van der Waals surface area contributed by atoms with Gasteiger partial charge in [-0.15, -0.1) is 0 Å². The Kier molecular flexibility index (Phi) is 8.07. The summed E-state index contributed by atoms with van der Waals surface area (Å²) in [5.41, 5.74) is 2.64. The minimum atomic E-state index is -0.796. The number of ether oxygens (including phenoxy) is 2. The summed E-state index contributed by atoms with van der Waals surface area (Å²) in [4.78, 5) is 12.4. The van der Waals surface area contributed by atoms with Crippen LogP contribution in [0.25, 0.3) is 0 Å². The first kappa shape index (κ1) is 22.4. The summed E-state index contributed by atoms with van der Waals surface area (Å²) in [6.07, 6.45) is -0.796. The predicted molar refractivity (Wildman–Crippen MR) is 122 cm³/mol. The molecule has 162 valence electrons. The van der Waals surface area contributed by atoms with E-state index in [0.29, 0.717) is 23.8 Å². The monoisotopic (exact) mass is 419 g/mol. The third-order valence-corrected chi connectivity index (χ3v) is 4.81. The topological polar surface area (TPSA) is 67.8 Å². The van der Waals surface area contributed by atoms with Gasteiger partial charge in [0.25, 0.3) is 5.91 Å². The van der Waals surface area contributed by atoms with Crippen molar-refractivity contribution in [3.63, 3.8) is 0 Å². The summed E-state index contributed by atoms with van der Waals surface area (Å²) in [5, 5.41) is 13.2. The van der Waals surface area contributed by atoms with Gasteiger partial charge in [-0.25, -0.2) is 0 Å². The van der Waals surface area contributed by atoms with Gasteiger partial charge >= 0.3 is 0 Å². The van der Waals surface area contributed by atoms with Gasteiger partial charge in [-0.1, -0.05) is 68.4 Å². The Morgan fingerprint density at radius 3 is 2.39 bits per heavy atom. The number of hydrogen-bond donors (Lipinski definition) is 2. The van der Waals surface area contributed by atoms with Crippen molar-refractivity contribution in [2.24, 2.45) is 0 Å². The zero-order valence-electron chi connectivity index (χ0n) is 18.0. The molecule has 0 aliphatic heterocycles. The van der Waals surface area contributed by atoms with E-state index in [1.54, 1.807) is 24.3 Å². The number of para-hydroxylation sites is 1. The van der Waals surface area contributed by atoms with E-state index in [9.17, 15) is 9.90 Å². The highest BCUT2D eigenvalue weighted by atomic mass is 16.5. The highest BCUT2D eigenvalue weighted by molar-refractivity contribution is 5.94. The van der Waals surface area contributed by atoms with Gasteiger partial charge in [-0.05, 0) is 41.3 Å². The molecular formula is C26H29NO4. The molecule has 1 unspecified atom stereocenters. The van der Waals surface area contributed by atoms with E-state index in [1.165, 1.54) is 0 Å². The fourth-order valence-corrected chi connectivity index (χ4v) is 3.12. The Morgan fingerprint density at radius 2 is 1.61 bits per heavy atom. The third kappa shape index (κ3) is 6.86. The molecule has 0 aliphatic carbocycles. The Balaban J connectivity index is 1.49. The largest absolute Gasteiger partial charge is 0.491 e. The van der Waals surface area contributed by atoms with Crippen LogP contribution in [0.4, 0.5) is 0 Å². The van der Waals surface area contributed by atoms with E-state index >= 15 is 0 Å². The molecule has 3 aromatic rings. The van der Waals surface area contributed by atoms with Gasteiger partial charge in [0.1, 0.15) is 30.8 Å². The van der Waals surface area contributed by atoms with Crippen LogP contribution in [0.15, 0.2) is 78.9 Å². The van der Waals surface area contributed by atoms with Gasteiger partial charge in [0, 0.05) is 12.1 Å². The number of aliphatic hydroxyl groups excluding tert-OH is 1. The number of carbonyl (C=O) groups excluding carboxylic acids is 1. The molecule has 0 fully saturated rings. The molecule has 0 spiro atoms. The zero-order chi connectivity index (χ0) is 22.1. The first-order chi connectivity index (χ1) is 15.0. The number of hydrogen-bond acceptors (Lipinski definition) is 4. The Hall–Kier alpha value is -3.31. The van der Waals surface area contributed by atoms with Gasteiger partial charge in [0.05, 0.1) is 0 Å². The second-order valence-corrected chi connectivity index (χ2v) is 7.66. The molecule has 5 heteroatoms. The van der Waals surface area contributed by atoms with Gasteiger partial charge in [-0.2, -0.15) is 0 Å². The number of amides is 1. The minimum Gasteiger partial charge on any atom is -0.491 e. The van der Waals surface area contributed by atoms with Crippen LogP contribution in [0.3, 0.4) is 0 Å². The maximum atomic E-state index is 12.4. The van der Waals surface area contributed by atoms with Crippen LogP contribution in [0.5, 0.6) is 11.5 Å². The van der Waals surface area contributed by atoms with Crippen molar-refractivity contribution in [1.29, 1.82) is 0 Å². The predicted octanol–water partition coefficient (Wildman–Crippen LogP) is 4.56. The van der Waals surface area contributed by atoms with Crippen molar-refractivity contribution >= 4 is 5.91 Å². The molecule has 1 amide bonds. The molecular weight excluding hydrogens is 390 g/mol. The Morgan fingerprint density at radius 1 is 0.903 bits per heavy atom. The second-order valence-electron chi connectivity index (χ2n) is 7.66. The average Bonchev–Trinajstić information content (AvgIpc) is 2.80. The molecule has 0 heterocycles. The second kappa shape index (κ2) is 11.2. The standard InChI is InChI=1S/C26H29NO4/c1-19(2)24-13-6-7-14-25(24)31-18-22(28)17-30-23-12-8-11-21(15-23)26(29)27-16-20-9-4-3-5-10-20/h3-15,19,22,28H,16-18H2,1-2H3,(H,27,29). The van der Waals surface area contributed by atoms with Crippen molar-refractivity contribution in [3.05, 3.63) is 95.6 Å². The van der Waals surface area contributed by atoms with E-state index in [1.807, 2.05) is 54.6 Å². The maximum Gasteiger partial charge on any atom is 0.251 e. The highest BCUT2D eigenvalue weighted by Gasteiger charge is 2.12. The lowest BCUT2D eigenvalue weighted by atomic mass is 10.0. The normalized spacial score (nSPS) is 11.7. The number of rotatable bonds is 10. The molecule has 0 aromatic heterocycles. The molecule has 3 rings (SSSR count). The third-order valence-electron chi connectivity index (χ3n) is 4.81. The fourth-order valence-electron chi connectivity index (χ4n) is 3.12. The quantitative estimate of drug-likeness (QED) is 0.506. The van der Waals surface area contributed by atoms with Crippen molar-refractivity contribution in [2.75, 3.05) is 13.2 Å². The lowest BCUT2D eigenvalue weighted by Gasteiger charge is -2.17. The van der Waals surface area contributed by atoms with E-state index in [-0.39, 0.29) is 19.1 Å². The van der Waals surface area contributed by atoms with Gasteiger partial charge < -0.3 is 19.9 Å². The number of benzene rings is 3. The summed E-state index contributed by atoms with van der Waals surface area (Å²) >= 11 is 0.